The molecule has 1 aromatic carbocycles. The number of aliphatic hydroxyl groups is 1. The zero-order valence-electron chi connectivity index (χ0n) is 12.1. The molecule has 0 heterocycles. The Morgan fingerprint density at radius 3 is 2.14 bits per heavy atom. The van der Waals surface area contributed by atoms with Crippen LogP contribution in [0.15, 0.2) is 36.4 Å². The van der Waals surface area contributed by atoms with E-state index in [1.165, 1.54) is 12.1 Å². The maximum absolute atomic E-state index is 11.4. The molecule has 0 aliphatic carbocycles. The highest BCUT2D eigenvalue weighted by molar-refractivity contribution is 5.90. The molecular formula is C15H22N2O4. The van der Waals surface area contributed by atoms with Gasteiger partial charge in [0.15, 0.2) is 5.78 Å². The van der Waals surface area contributed by atoms with Gasteiger partial charge >= 0.3 is 0 Å². The highest BCUT2D eigenvalue weighted by Crippen LogP contribution is 2.11. The highest BCUT2D eigenvalue weighted by Gasteiger charge is 2.14. The van der Waals surface area contributed by atoms with E-state index < -0.39 is 12.0 Å². The predicted octanol–water partition coefficient (Wildman–Crippen LogP) is 0.261. The summed E-state index contributed by atoms with van der Waals surface area (Å²) < 4.78 is 0. The van der Waals surface area contributed by atoms with Crippen molar-refractivity contribution in [1.82, 2.24) is 0 Å². The molecular weight excluding hydrogens is 272 g/mol. The molecule has 6 nitrogen and oxygen atoms in total. The number of benzene rings is 1. The SMILES string of the molecule is C=C(C)C(N)=O.NCCC(O)C(=O)Cc1ccc(O)cc1. The standard InChI is InChI=1S/C11H15NO3.C4H7NO/c12-6-5-10(14)11(15)7-8-1-3-9(13)4-2-8;1-3(2)4(5)6/h1-4,10,13-14H,5-7,12H2;1H2,2H3,(H2,5,6). The van der Waals surface area contributed by atoms with Gasteiger partial charge in [0.25, 0.3) is 0 Å². The van der Waals surface area contributed by atoms with E-state index in [2.05, 4.69) is 6.58 Å². The summed E-state index contributed by atoms with van der Waals surface area (Å²) in [6, 6.07) is 6.33. The van der Waals surface area contributed by atoms with Gasteiger partial charge in [-0.3, -0.25) is 9.59 Å². The molecule has 0 fully saturated rings. The van der Waals surface area contributed by atoms with Crippen LogP contribution in [0.1, 0.15) is 18.9 Å². The van der Waals surface area contributed by atoms with Crippen LogP contribution < -0.4 is 11.5 Å². The van der Waals surface area contributed by atoms with E-state index in [1.54, 1.807) is 19.1 Å². The van der Waals surface area contributed by atoms with Gasteiger partial charge in [0.2, 0.25) is 5.91 Å². The van der Waals surface area contributed by atoms with Crippen LogP contribution in [-0.4, -0.2) is 34.6 Å². The molecule has 21 heavy (non-hydrogen) atoms. The first-order chi connectivity index (χ1) is 9.77. The normalized spacial score (nSPS) is 11.0. The molecule has 0 radical (unpaired) electrons. The average Bonchev–Trinajstić information content (AvgIpc) is 2.42. The number of rotatable bonds is 6. The summed E-state index contributed by atoms with van der Waals surface area (Å²) in [5.74, 6) is -0.519. The van der Waals surface area contributed by atoms with E-state index in [0.717, 1.165) is 5.56 Å². The lowest BCUT2D eigenvalue weighted by molar-refractivity contribution is -0.126. The summed E-state index contributed by atoms with van der Waals surface area (Å²) in [6.45, 7) is 5.15. The first-order valence-corrected chi connectivity index (χ1v) is 6.42. The quantitative estimate of drug-likeness (QED) is 0.560. The monoisotopic (exact) mass is 294 g/mol. The van der Waals surface area contributed by atoms with Gasteiger partial charge < -0.3 is 21.7 Å². The van der Waals surface area contributed by atoms with E-state index in [-0.39, 0.29) is 24.4 Å². The minimum atomic E-state index is -0.983. The van der Waals surface area contributed by atoms with Gasteiger partial charge in [0.1, 0.15) is 11.9 Å². The van der Waals surface area contributed by atoms with Crippen LogP contribution in [0, 0.1) is 0 Å². The summed E-state index contributed by atoms with van der Waals surface area (Å²) in [4.78, 5) is 21.2. The number of hydrogen-bond donors (Lipinski definition) is 4. The number of Topliss-reactive ketones (excluding diaryl/α,β-unsaturated/α-hetero) is 1. The second kappa shape index (κ2) is 9.68. The lowest BCUT2D eigenvalue weighted by Crippen LogP contribution is -2.25. The minimum absolute atomic E-state index is 0.161. The van der Waals surface area contributed by atoms with E-state index in [1.807, 2.05) is 0 Å². The van der Waals surface area contributed by atoms with Gasteiger partial charge in [-0.05, 0) is 37.6 Å². The molecule has 1 amide bonds. The minimum Gasteiger partial charge on any atom is -0.508 e. The maximum atomic E-state index is 11.4. The van der Waals surface area contributed by atoms with Crippen LogP contribution in [-0.2, 0) is 16.0 Å². The van der Waals surface area contributed by atoms with Crippen molar-refractivity contribution in [3.05, 3.63) is 42.0 Å². The number of phenolic OH excluding ortho intramolecular Hbond substituents is 1. The Morgan fingerprint density at radius 2 is 1.76 bits per heavy atom. The molecule has 0 spiro atoms. The number of carbonyl (C=O) groups is 2. The number of carbonyl (C=O) groups excluding carboxylic acids is 2. The van der Waals surface area contributed by atoms with Crippen LogP contribution in [0.2, 0.25) is 0 Å². The number of aromatic hydroxyl groups is 1. The number of hydrogen-bond acceptors (Lipinski definition) is 5. The van der Waals surface area contributed by atoms with Gasteiger partial charge in [0.05, 0.1) is 0 Å². The molecule has 116 valence electrons. The van der Waals surface area contributed by atoms with Gasteiger partial charge in [-0.25, -0.2) is 0 Å². The van der Waals surface area contributed by atoms with Crippen molar-refractivity contribution in [2.75, 3.05) is 6.54 Å². The smallest absolute Gasteiger partial charge is 0.243 e. The molecule has 0 saturated heterocycles. The molecule has 0 bridgehead atoms. The zero-order chi connectivity index (χ0) is 16.4. The summed E-state index contributed by atoms with van der Waals surface area (Å²) in [5, 5.41) is 18.4. The Balaban J connectivity index is 0.000000567. The topological polar surface area (TPSA) is 127 Å². The predicted molar refractivity (Wildman–Crippen MR) is 80.5 cm³/mol. The largest absolute Gasteiger partial charge is 0.508 e. The fraction of sp³-hybridized carbons (Fsp3) is 0.333. The highest BCUT2D eigenvalue weighted by atomic mass is 16.3. The van der Waals surface area contributed by atoms with Crippen molar-refractivity contribution < 1.29 is 19.8 Å². The number of aliphatic hydroxyl groups excluding tert-OH is 1. The van der Waals surface area contributed by atoms with Crippen LogP contribution in [0.4, 0.5) is 0 Å². The first-order valence-electron chi connectivity index (χ1n) is 6.42. The first kappa shape index (κ1) is 18.8. The van der Waals surface area contributed by atoms with Crippen molar-refractivity contribution in [2.24, 2.45) is 11.5 Å². The average molecular weight is 294 g/mol. The molecule has 1 atom stereocenters. The van der Waals surface area contributed by atoms with Crippen LogP contribution >= 0.6 is 0 Å². The van der Waals surface area contributed by atoms with E-state index in [0.29, 0.717) is 12.1 Å². The van der Waals surface area contributed by atoms with E-state index >= 15 is 0 Å². The van der Waals surface area contributed by atoms with Crippen molar-refractivity contribution in [3.8, 4) is 5.75 Å². The summed E-state index contributed by atoms with van der Waals surface area (Å²) in [5.41, 5.74) is 11.1. The third kappa shape index (κ3) is 8.56. The fourth-order valence-electron chi connectivity index (χ4n) is 1.25. The number of phenols is 1. The molecule has 0 aromatic heterocycles. The fourth-order valence-corrected chi connectivity index (χ4v) is 1.25. The molecule has 1 unspecified atom stereocenters. The lowest BCUT2D eigenvalue weighted by atomic mass is 10.0. The number of ketones is 1. The molecule has 6 heteroatoms. The Kier molecular flexibility index (Phi) is 8.68. The second-order valence-corrected chi connectivity index (χ2v) is 4.55. The lowest BCUT2D eigenvalue weighted by Gasteiger charge is -2.07. The second-order valence-electron chi connectivity index (χ2n) is 4.55. The van der Waals surface area contributed by atoms with Crippen molar-refractivity contribution in [1.29, 1.82) is 0 Å². The Morgan fingerprint density at radius 1 is 1.29 bits per heavy atom. The molecule has 0 saturated carbocycles. The maximum Gasteiger partial charge on any atom is 0.243 e. The molecule has 6 N–H and O–H groups in total. The van der Waals surface area contributed by atoms with E-state index in [9.17, 15) is 14.7 Å². The molecule has 1 rings (SSSR count). The Bertz CT molecular complexity index is 471. The number of primary amides is 1. The number of amides is 1. The Labute approximate surface area is 124 Å². The van der Waals surface area contributed by atoms with Crippen LogP contribution in [0.25, 0.3) is 0 Å². The zero-order valence-corrected chi connectivity index (χ0v) is 12.1. The van der Waals surface area contributed by atoms with Crippen LogP contribution in [0.3, 0.4) is 0 Å². The summed E-state index contributed by atoms with van der Waals surface area (Å²) >= 11 is 0. The molecule has 1 aromatic rings. The van der Waals surface area contributed by atoms with Gasteiger partial charge in [-0.2, -0.15) is 0 Å². The third-order valence-corrected chi connectivity index (χ3v) is 2.55. The van der Waals surface area contributed by atoms with Crippen LogP contribution in [0.5, 0.6) is 5.75 Å². The summed E-state index contributed by atoms with van der Waals surface area (Å²) in [6.07, 6.45) is -0.526. The summed E-state index contributed by atoms with van der Waals surface area (Å²) in [7, 11) is 0. The van der Waals surface area contributed by atoms with Gasteiger partial charge in [0, 0.05) is 12.0 Å². The van der Waals surface area contributed by atoms with Crippen molar-refractivity contribution in [2.45, 2.75) is 25.9 Å². The Hall–Kier alpha value is -2.18. The van der Waals surface area contributed by atoms with E-state index in [4.69, 9.17) is 16.6 Å². The van der Waals surface area contributed by atoms with Gasteiger partial charge in [-0.15, -0.1) is 0 Å². The van der Waals surface area contributed by atoms with Gasteiger partial charge in [-0.1, -0.05) is 18.7 Å². The van der Waals surface area contributed by atoms with Crippen molar-refractivity contribution >= 4 is 11.7 Å². The third-order valence-electron chi connectivity index (χ3n) is 2.55. The molecule has 0 aliphatic heterocycles. The number of nitrogens with two attached hydrogens (primary N) is 2. The van der Waals surface area contributed by atoms with Crippen molar-refractivity contribution in [3.63, 3.8) is 0 Å². The molecule has 0 aliphatic rings.